The first-order valence-corrected chi connectivity index (χ1v) is 5.56. The highest BCUT2D eigenvalue weighted by atomic mass is 35.5. The zero-order chi connectivity index (χ0) is 10.1. The summed E-state index contributed by atoms with van der Waals surface area (Å²) in [6.07, 6.45) is 3.28. The van der Waals surface area contributed by atoms with Gasteiger partial charge in [0.25, 0.3) is 0 Å². The van der Waals surface area contributed by atoms with Crippen LogP contribution in [0.5, 0.6) is 0 Å². The van der Waals surface area contributed by atoms with Crippen molar-refractivity contribution in [2.45, 2.75) is 25.3 Å². The average molecular weight is 234 g/mol. The molecule has 1 N–H and O–H groups in total. The number of nitrogens with one attached hydrogen (secondary N) is 1. The van der Waals surface area contributed by atoms with E-state index in [1.165, 1.54) is 0 Å². The van der Waals surface area contributed by atoms with Crippen LogP contribution in [0.1, 0.15) is 24.6 Å². The van der Waals surface area contributed by atoms with Gasteiger partial charge in [-0.3, -0.25) is 0 Å². The quantitative estimate of drug-likeness (QED) is 0.850. The smallest absolute Gasteiger partial charge is 0.204 e. The molecule has 0 spiro atoms. The third-order valence-electron chi connectivity index (χ3n) is 2.67. The second-order valence-electron chi connectivity index (χ2n) is 3.59. The van der Waals surface area contributed by atoms with Crippen LogP contribution in [-0.4, -0.2) is 23.1 Å². The number of halogens is 2. The minimum atomic E-state index is 0.399. The fraction of sp³-hybridized carbons (Fsp3) is 0.667. The molecule has 2 heterocycles. The second-order valence-corrected chi connectivity index (χ2v) is 4.29. The summed E-state index contributed by atoms with van der Waals surface area (Å²) in [5, 5.41) is 4.25. The minimum Gasteiger partial charge on any atom is -0.318 e. The molecule has 1 aromatic rings. The first-order chi connectivity index (χ1) is 6.74. The van der Waals surface area contributed by atoms with E-state index in [4.69, 9.17) is 23.2 Å². The maximum Gasteiger partial charge on any atom is 0.204 e. The number of fused-ring (bicyclic) bond motifs is 1. The highest BCUT2D eigenvalue weighted by Crippen LogP contribution is 2.32. The van der Waals surface area contributed by atoms with Crippen molar-refractivity contribution in [1.82, 2.24) is 14.9 Å². The Balaban J connectivity index is 2.37. The van der Waals surface area contributed by atoms with E-state index in [1.807, 2.05) is 7.05 Å². The zero-order valence-corrected chi connectivity index (χ0v) is 9.57. The van der Waals surface area contributed by atoms with E-state index in [0.29, 0.717) is 16.5 Å². The molecule has 0 radical (unpaired) electrons. The summed E-state index contributed by atoms with van der Waals surface area (Å²) in [5.41, 5.74) is 1.09. The molecule has 3 nitrogen and oxygen atoms in total. The molecule has 0 bridgehead atoms. The Morgan fingerprint density at radius 2 is 2.36 bits per heavy atom. The largest absolute Gasteiger partial charge is 0.318 e. The summed E-state index contributed by atoms with van der Waals surface area (Å²) in [6, 6.07) is 0.399. The maximum atomic E-state index is 6.03. The highest BCUT2D eigenvalue weighted by Gasteiger charge is 2.24. The molecule has 1 aliphatic rings. The lowest BCUT2D eigenvalue weighted by atomic mass is 10.0. The Hall–Kier alpha value is -0.250. The van der Waals surface area contributed by atoms with Gasteiger partial charge in [-0.05, 0) is 37.9 Å². The van der Waals surface area contributed by atoms with Crippen LogP contribution in [-0.2, 0) is 6.42 Å². The van der Waals surface area contributed by atoms with Gasteiger partial charge in [-0.15, -0.1) is 0 Å². The lowest BCUT2D eigenvalue weighted by Crippen LogP contribution is -2.26. The SMILES string of the molecule is CNCC1CCCc2c(Cl)nc(Cl)n21. The Morgan fingerprint density at radius 1 is 1.57 bits per heavy atom. The van der Waals surface area contributed by atoms with E-state index in [1.54, 1.807) is 0 Å². The second kappa shape index (κ2) is 4.09. The van der Waals surface area contributed by atoms with Gasteiger partial charge in [0.15, 0.2) is 5.15 Å². The molecule has 5 heteroatoms. The molecule has 0 amide bonds. The van der Waals surface area contributed by atoms with Crippen molar-refractivity contribution in [1.29, 1.82) is 0 Å². The van der Waals surface area contributed by atoms with Crippen molar-refractivity contribution in [2.75, 3.05) is 13.6 Å². The van der Waals surface area contributed by atoms with Crippen LogP contribution in [0.25, 0.3) is 0 Å². The summed E-state index contributed by atoms with van der Waals surface area (Å²) >= 11 is 12.0. The molecular weight excluding hydrogens is 221 g/mol. The monoisotopic (exact) mass is 233 g/mol. The summed E-state index contributed by atoms with van der Waals surface area (Å²) in [4.78, 5) is 4.09. The Morgan fingerprint density at radius 3 is 3.07 bits per heavy atom. The molecule has 1 aromatic heterocycles. The van der Waals surface area contributed by atoms with Crippen LogP contribution in [0.15, 0.2) is 0 Å². The number of aromatic nitrogens is 2. The summed E-state index contributed by atoms with van der Waals surface area (Å²) in [6.45, 7) is 0.916. The predicted molar refractivity (Wildman–Crippen MR) is 58.1 cm³/mol. The molecule has 0 saturated heterocycles. The fourth-order valence-corrected chi connectivity index (χ4v) is 2.70. The van der Waals surface area contributed by atoms with Gasteiger partial charge in [-0.1, -0.05) is 11.6 Å². The summed E-state index contributed by atoms with van der Waals surface area (Å²) in [5.74, 6) is 0. The van der Waals surface area contributed by atoms with Gasteiger partial charge in [0, 0.05) is 12.6 Å². The van der Waals surface area contributed by atoms with E-state index in [9.17, 15) is 0 Å². The van der Waals surface area contributed by atoms with Gasteiger partial charge < -0.3 is 9.88 Å². The van der Waals surface area contributed by atoms with Crippen LogP contribution in [0.4, 0.5) is 0 Å². The molecule has 1 atom stereocenters. The van der Waals surface area contributed by atoms with Crippen molar-refractivity contribution in [3.63, 3.8) is 0 Å². The molecule has 0 aromatic carbocycles. The maximum absolute atomic E-state index is 6.03. The molecule has 0 saturated carbocycles. The fourth-order valence-electron chi connectivity index (χ4n) is 2.07. The topological polar surface area (TPSA) is 29.9 Å². The molecular formula is C9H13Cl2N3. The number of hydrogen-bond donors (Lipinski definition) is 1. The third kappa shape index (κ3) is 1.64. The first kappa shape index (κ1) is 10.3. The van der Waals surface area contributed by atoms with Crippen molar-refractivity contribution in [3.05, 3.63) is 16.1 Å². The molecule has 1 aliphatic heterocycles. The number of imidazole rings is 1. The molecule has 14 heavy (non-hydrogen) atoms. The van der Waals surface area contributed by atoms with Crippen molar-refractivity contribution in [3.8, 4) is 0 Å². The van der Waals surface area contributed by atoms with E-state index in [0.717, 1.165) is 31.5 Å². The van der Waals surface area contributed by atoms with Gasteiger partial charge in [-0.25, -0.2) is 4.98 Å². The van der Waals surface area contributed by atoms with Crippen molar-refractivity contribution >= 4 is 23.2 Å². The first-order valence-electron chi connectivity index (χ1n) is 4.80. The van der Waals surface area contributed by atoms with Crippen molar-refractivity contribution < 1.29 is 0 Å². The van der Waals surface area contributed by atoms with Crippen LogP contribution in [0.3, 0.4) is 0 Å². The predicted octanol–water partition coefficient (Wildman–Crippen LogP) is 2.29. The molecule has 78 valence electrons. The number of likely N-dealkylation sites (N-methyl/N-ethyl adjacent to an activating group) is 1. The highest BCUT2D eigenvalue weighted by molar-refractivity contribution is 6.33. The van der Waals surface area contributed by atoms with E-state index in [-0.39, 0.29) is 0 Å². The molecule has 0 fully saturated rings. The third-order valence-corrected chi connectivity index (χ3v) is 3.24. The van der Waals surface area contributed by atoms with Gasteiger partial charge in [0.1, 0.15) is 0 Å². The van der Waals surface area contributed by atoms with Gasteiger partial charge in [0.2, 0.25) is 5.28 Å². The lowest BCUT2D eigenvalue weighted by Gasteiger charge is -2.25. The van der Waals surface area contributed by atoms with Crippen LogP contribution < -0.4 is 5.32 Å². The van der Waals surface area contributed by atoms with Crippen LogP contribution in [0.2, 0.25) is 10.4 Å². The van der Waals surface area contributed by atoms with Crippen LogP contribution in [0, 0.1) is 0 Å². The molecule has 1 unspecified atom stereocenters. The number of rotatable bonds is 2. The summed E-state index contributed by atoms with van der Waals surface area (Å²) < 4.78 is 2.06. The minimum absolute atomic E-state index is 0.399. The Bertz CT molecular complexity index is 335. The Labute approximate surface area is 93.4 Å². The number of hydrogen-bond acceptors (Lipinski definition) is 2. The van der Waals surface area contributed by atoms with Gasteiger partial charge in [-0.2, -0.15) is 0 Å². The van der Waals surface area contributed by atoms with Crippen LogP contribution >= 0.6 is 23.2 Å². The zero-order valence-electron chi connectivity index (χ0n) is 8.06. The van der Waals surface area contributed by atoms with E-state index >= 15 is 0 Å². The van der Waals surface area contributed by atoms with Crippen molar-refractivity contribution in [2.24, 2.45) is 0 Å². The van der Waals surface area contributed by atoms with Gasteiger partial charge >= 0.3 is 0 Å². The standard InChI is InChI=1S/C9H13Cl2N3/c1-12-5-6-3-2-4-7-8(10)13-9(11)14(6)7/h6,12H,2-5H2,1H3. The average Bonchev–Trinajstić information content (AvgIpc) is 2.44. The Kier molecular flexibility index (Phi) is 3.00. The van der Waals surface area contributed by atoms with E-state index in [2.05, 4.69) is 14.9 Å². The molecule has 2 rings (SSSR count). The van der Waals surface area contributed by atoms with Gasteiger partial charge in [0.05, 0.1) is 5.69 Å². The lowest BCUT2D eigenvalue weighted by molar-refractivity contribution is 0.391. The summed E-state index contributed by atoms with van der Waals surface area (Å²) in [7, 11) is 1.95. The number of nitrogens with zero attached hydrogens (tertiary/aromatic N) is 2. The van der Waals surface area contributed by atoms with E-state index < -0.39 is 0 Å². The normalized spacial score (nSPS) is 20.9. The molecule has 0 aliphatic carbocycles.